The number of hydrogen-bond acceptors (Lipinski definition) is 4. The first kappa shape index (κ1) is 21.7. The lowest BCUT2D eigenvalue weighted by Gasteiger charge is -2.21. The molecule has 0 amide bonds. The summed E-state index contributed by atoms with van der Waals surface area (Å²) in [6.07, 6.45) is 2.95. The number of nitrogens with one attached hydrogen (secondary N) is 1. The van der Waals surface area contributed by atoms with E-state index in [1.54, 1.807) is 7.05 Å². The van der Waals surface area contributed by atoms with Crippen LogP contribution in [0.5, 0.6) is 0 Å². The molecule has 2 aromatic rings. The lowest BCUT2D eigenvalue weighted by molar-refractivity contribution is 0.377. The zero-order chi connectivity index (χ0) is 17.4. The van der Waals surface area contributed by atoms with Crippen molar-refractivity contribution in [2.75, 3.05) is 27.2 Å². The topological polar surface area (TPSA) is 66.5 Å². The van der Waals surface area contributed by atoms with Crippen LogP contribution in [-0.2, 0) is 6.42 Å². The molecule has 1 aromatic heterocycles. The van der Waals surface area contributed by atoms with Crippen LogP contribution in [0.3, 0.4) is 0 Å². The highest BCUT2D eigenvalue weighted by Gasteiger charge is 2.10. The van der Waals surface area contributed by atoms with Crippen LogP contribution in [0.4, 0.5) is 0 Å². The van der Waals surface area contributed by atoms with Crippen molar-refractivity contribution < 1.29 is 4.52 Å². The molecule has 0 saturated heterocycles. The number of benzene rings is 1. The molecule has 8 heteroatoms. The molecular formula is C17H25ClIN5O. The Hall–Kier alpha value is -1.35. The van der Waals surface area contributed by atoms with Crippen LogP contribution in [0.1, 0.15) is 25.7 Å². The van der Waals surface area contributed by atoms with E-state index in [9.17, 15) is 0 Å². The zero-order valence-electron chi connectivity index (χ0n) is 14.8. The van der Waals surface area contributed by atoms with Gasteiger partial charge in [-0.2, -0.15) is 4.98 Å². The van der Waals surface area contributed by atoms with E-state index in [1.807, 2.05) is 31.3 Å². The molecule has 0 aliphatic carbocycles. The van der Waals surface area contributed by atoms with E-state index < -0.39 is 0 Å². The average molecular weight is 478 g/mol. The number of rotatable bonds is 7. The molecule has 0 spiro atoms. The standard InChI is InChI=1S/C17H24ClN5O.HI/c1-4-5-12-23(3)17(19-2)20-11-10-15-21-16(22-24-15)13-6-8-14(18)9-7-13;/h6-9H,4-5,10-12H2,1-3H3,(H,19,20);1H. The Morgan fingerprint density at radius 1 is 1.32 bits per heavy atom. The van der Waals surface area contributed by atoms with Gasteiger partial charge in [-0.3, -0.25) is 4.99 Å². The van der Waals surface area contributed by atoms with Crippen molar-refractivity contribution >= 4 is 41.5 Å². The van der Waals surface area contributed by atoms with Crippen molar-refractivity contribution in [2.45, 2.75) is 26.2 Å². The van der Waals surface area contributed by atoms with E-state index in [1.165, 1.54) is 0 Å². The van der Waals surface area contributed by atoms with E-state index in [0.717, 1.165) is 30.9 Å². The van der Waals surface area contributed by atoms with Crippen molar-refractivity contribution in [2.24, 2.45) is 4.99 Å². The second-order valence-electron chi connectivity index (χ2n) is 5.52. The number of halogens is 2. The highest BCUT2D eigenvalue weighted by Crippen LogP contribution is 2.18. The quantitative estimate of drug-likeness (QED) is 0.373. The van der Waals surface area contributed by atoms with Crippen LogP contribution in [-0.4, -0.2) is 48.2 Å². The molecule has 0 radical (unpaired) electrons. The third-order valence-electron chi connectivity index (χ3n) is 3.61. The van der Waals surface area contributed by atoms with Crippen molar-refractivity contribution in [3.8, 4) is 11.4 Å². The first-order valence-electron chi connectivity index (χ1n) is 8.14. The van der Waals surface area contributed by atoms with Gasteiger partial charge in [0.25, 0.3) is 0 Å². The molecule has 0 unspecified atom stereocenters. The molecule has 1 aromatic carbocycles. The minimum atomic E-state index is 0. The Morgan fingerprint density at radius 3 is 2.68 bits per heavy atom. The summed E-state index contributed by atoms with van der Waals surface area (Å²) < 4.78 is 5.30. The van der Waals surface area contributed by atoms with Crippen LogP contribution < -0.4 is 5.32 Å². The van der Waals surface area contributed by atoms with E-state index in [0.29, 0.717) is 29.7 Å². The fourth-order valence-corrected chi connectivity index (χ4v) is 2.37. The maximum absolute atomic E-state index is 5.89. The Kier molecular flexibility index (Phi) is 9.81. The summed E-state index contributed by atoms with van der Waals surface area (Å²) >= 11 is 5.89. The van der Waals surface area contributed by atoms with E-state index in [2.05, 4.69) is 32.3 Å². The van der Waals surface area contributed by atoms with Gasteiger partial charge in [0.2, 0.25) is 11.7 Å². The molecule has 0 aliphatic heterocycles. The molecular weight excluding hydrogens is 453 g/mol. The first-order chi connectivity index (χ1) is 11.6. The maximum Gasteiger partial charge on any atom is 0.228 e. The molecule has 0 bridgehead atoms. The molecule has 0 aliphatic rings. The van der Waals surface area contributed by atoms with Crippen LogP contribution in [0.15, 0.2) is 33.8 Å². The van der Waals surface area contributed by atoms with Gasteiger partial charge in [0, 0.05) is 44.2 Å². The van der Waals surface area contributed by atoms with E-state index in [-0.39, 0.29) is 24.0 Å². The molecule has 2 rings (SSSR count). The molecule has 6 nitrogen and oxygen atoms in total. The molecule has 1 heterocycles. The molecule has 0 saturated carbocycles. The minimum absolute atomic E-state index is 0. The van der Waals surface area contributed by atoms with Crippen molar-refractivity contribution in [1.29, 1.82) is 0 Å². The smallest absolute Gasteiger partial charge is 0.228 e. The van der Waals surface area contributed by atoms with Gasteiger partial charge in [0.15, 0.2) is 5.96 Å². The van der Waals surface area contributed by atoms with Crippen LogP contribution in [0, 0.1) is 0 Å². The zero-order valence-corrected chi connectivity index (χ0v) is 17.9. The summed E-state index contributed by atoms with van der Waals surface area (Å²) in [5.74, 6) is 2.05. The second kappa shape index (κ2) is 11.3. The summed E-state index contributed by atoms with van der Waals surface area (Å²) in [6, 6.07) is 7.37. The van der Waals surface area contributed by atoms with E-state index in [4.69, 9.17) is 16.1 Å². The van der Waals surface area contributed by atoms with Crippen molar-refractivity contribution in [3.63, 3.8) is 0 Å². The average Bonchev–Trinajstić information content (AvgIpc) is 3.06. The summed E-state index contributed by atoms with van der Waals surface area (Å²) in [5, 5.41) is 8.01. The third kappa shape index (κ3) is 6.81. The Labute approximate surface area is 171 Å². The number of aliphatic imine (C=N–C) groups is 1. The molecule has 0 atom stereocenters. The first-order valence-corrected chi connectivity index (χ1v) is 8.52. The maximum atomic E-state index is 5.89. The number of nitrogens with zero attached hydrogens (tertiary/aromatic N) is 4. The number of aromatic nitrogens is 2. The largest absolute Gasteiger partial charge is 0.356 e. The fraction of sp³-hybridized carbons (Fsp3) is 0.471. The van der Waals surface area contributed by atoms with Crippen LogP contribution >= 0.6 is 35.6 Å². The van der Waals surface area contributed by atoms with Crippen molar-refractivity contribution in [1.82, 2.24) is 20.4 Å². The summed E-state index contributed by atoms with van der Waals surface area (Å²) in [5.41, 5.74) is 0.887. The molecule has 25 heavy (non-hydrogen) atoms. The molecule has 1 N–H and O–H groups in total. The highest BCUT2D eigenvalue weighted by molar-refractivity contribution is 14.0. The lowest BCUT2D eigenvalue weighted by Crippen LogP contribution is -2.40. The van der Waals surface area contributed by atoms with Gasteiger partial charge >= 0.3 is 0 Å². The number of guanidine groups is 1. The number of unbranched alkanes of at least 4 members (excludes halogenated alkanes) is 1. The van der Waals surface area contributed by atoms with Gasteiger partial charge in [-0.1, -0.05) is 30.1 Å². The Morgan fingerprint density at radius 2 is 2.04 bits per heavy atom. The second-order valence-corrected chi connectivity index (χ2v) is 5.95. The van der Waals surface area contributed by atoms with Gasteiger partial charge in [0.05, 0.1) is 0 Å². The van der Waals surface area contributed by atoms with Gasteiger partial charge in [0.1, 0.15) is 0 Å². The normalized spacial score (nSPS) is 11.1. The van der Waals surface area contributed by atoms with Gasteiger partial charge < -0.3 is 14.7 Å². The third-order valence-corrected chi connectivity index (χ3v) is 3.86. The van der Waals surface area contributed by atoms with Gasteiger partial charge in [-0.15, -0.1) is 24.0 Å². The fourth-order valence-electron chi connectivity index (χ4n) is 2.24. The van der Waals surface area contributed by atoms with Crippen LogP contribution in [0.25, 0.3) is 11.4 Å². The monoisotopic (exact) mass is 477 g/mol. The summed E-state index contributed by atoms with van der Waals surface area (Å²) in [4.78, 5) is 10.8. The van der Waals surface area contributed by atoms with E-state index >= 15 is 0 Å². The summed E-state index contributed by atoms with van der Waals surface area (Å²) in [7, 11) is 3.83. The SMILES string of the molecule is CCCCN(C)C(=NC)NCCc1nc(-c2ccc(Cl)cc2)no1.I. The highest BCUT2D eigenvalue weighted by atomic mass is 127. The number of hydrogen-bond donors (Lipinski definition) is 1. The molecule has 138 valence electrons. The van der Waals surface area contributed by atoms with Crippen LogP contribution in [0.2, 0.25) is 5.02 Å². The molecule has 0 fully saturated rings. The predicted molar refractivity (Wildman–Crippen MR) is 113 cm³/mol. The van der Waals surface area contributed by atoms with Gasteiger partial charge in [-0.05, 0) is 30.7 Å². The Balaban J connectivity index is 0.00000312. The van der Waals surface area contributed by atoms with Gasteiger partial charge in [-0.25, -0.2) is 0 Å². The predicted octanol–water partition coefficient (Wildman–Crippen LogP) is 3.86. The summed E-state index contributed by atoms with van der Waals surface area (Å²) in [6.45, 7) is 3.85. The lowest BCUT2D eigenvalue weighted by atomic mass is 10.2. The Bertz CT molecular complexity index is 659. The minimum Gasteiger partial charge on any atom is -0.356 e. The van der Waals surface area contributed by atoms with Crippen molar-refractivity contribution in [3.05, 3.63) is 35.2 Å².